The van der Waals surface area contributed by atoms with Crippen molar-refractivity contribution in [2.24, 2.45) is 5.73 Å². The van der Waals surface area contributed by atoms with E-state index in [4.69, 9.17) is 10.5 Å². The Morgan fingerprint density at radius 3 is 2.29 bits per heavy atom. The molecule has 0 spiro atoms. The molecule has 0 unspecified atom stereocenters. The lowest BCUT2D eigenvalue weighted by Gasteiger charge is -2.11. The van der Waals surface area contributed by atoms with E-state index in [1.54, 1.807) is 0 Å². The van der Waals surface area contributed by atoms with Gasteiger partial charge in [-0.2, -0.15) is 0 Å². The summed E-state index contributed by atoms with van der Waals surface area (Å²) in [5, 5.41) is 2.43. The SMILES string of the molecule is NCCc1ccccc1COc1ccc2ccccc2c1. The molecule has 3 aromatic rings. The van der Waals surface area contributed by atoms with E-state index in [9.17, 15) is 0 Å². The molecule has 0 fully saturated rings. The summed E-state index contributed by atoms with van der Waals surface area (Å²) in [4.78, 5) is 0. The van der Waals surface area contributed by atoms with Gasteiger partial charge in [0.25, 0.3) is 0 Å². The van der Waals surface area contributed by atoms with Gasteiger partial charge in [0.1, 0.15) is 12.4 Å². The van der Waals surface area contributed by atoms with Crippen molar-refractivity contribution in [3.63, 3.8) is 0 Å². The average molecular weight is 277 g/mol. The Balaban J connectivity index is 1.77. The number of nitrogens with two attached hydrogens (primary N) is 1. The second-order valence-electron chi connectivity index (χ2n) is 5.11. The van der Waals surface area contributed by atoms with Crippen molar-refractivity contribution in [3.05, 3.63) is 77.9 Å². The lowest BCUT2D eigenvalue weighted by Crippen LogP contribution is -2.06. The summed E-state index contributed by atoms with van der Waals surface area (Å²) in [6.07, 6.45) is 0.886. The lowest BCUT2D eigenvalue weighted by molar-refractivity contribution is 0.305. The third-order valence-electron chi connectivity index (χ3n) is 3.65. The molecule has 0 bridgehead atoms. The first-order valence-electron chi connectivity index (χ1n) is 7.25. The molecule has 0 radical (unpaired) electrons. The van der Waals surface area contributed by atoms with Gasteiger partial charge in [0.05, 0.1) is 0 Å². The minimum Gasteiger partial charge on any atom is -0.489 e. The van der Waals surface area contributed by atoms with Gasteiger partial charge in [-0.05, 0) is 47.0 Å². The van der Waals surface area contributed by atoms with Crippen LogP contribution in [0.4, 0.5) is 0 Å². The maximum Gasteiger partial charge on any atom is 0.120 e. The topological polar surface area (TPSA) is 35.2 Å². The lowest BCUT2D eigenvalue weighted by atomic mass is 10.1. The molecule has 3 aromatic carbocycles. The zero-order valence-electron chi connectivity index (χ0n) is 12.0. The monoisotopic (exact) mass is 277 g/mol. The van der Waals surface area contributed by atoms with Gasteiger partial charge in [0.2, 0.25) is 0 Å². The molecule has 21 heavy (non-hydrogen) atoms. The van der Waals surface area contributed by atoms with E-state index in [2.05, 4.69) is 36.4 Å². The molecule has 0 aliphatic rings. The smallest absolute Gasteiger partial charge is 0.120 e. The van der Waals surface area contributed by atoms with Crippen LogP contribution in [0, 0.1) is 0 Å². The summed E-state index contributed by atoms with van der Waals surface area (Å²) < 4.78 is 5.95. The van der Waals surface area contributed by atoms with E-state index in [-0.39, 0.29) is 0 Å². The molecule has 0 saturated carbocycles. The maximum atomic E-state index is 5.95. The molecule has 0 aliphatic heterocycles. The Hall–Kier alpha value is -2.32. The first-order chi connectivity index (χ1) is 10.4. The van der Waals surface area contributed by atoms with Crippen molar-refractivity contribution < 1.29 is 4.74 Å². The summed E-state index contributed by atoms with van der Waals surface area (Å²) in [6, 6.07) is 22.8. The summed E-state index contributed by atoms with van der Waals surface area (Å²) in [6.45, 7) is 1.24. The van der Waals surface area contributed by atoms with Crippen molar-refractivity contribution in [1.29, 1.82) is 0 Å². The van der Waals surface area contributed by atoms with Crippen LogP contribution in [0.25, 0.3) is 10.8 Å². The first-order valence-corrected chi connectivity index (χ1v) is 7.25. The molecule has 0 amide bonds. The van der Waals surface area contributed by atoms with Gasteiger partial charge in [-0.3, -0.25) is 0 Å². The van der Waals surface area contributed by atoms with E-state index in [1.165, 1.54) is 21.9 Å². The molecule has 0 heterocycles. The van der Waals surface area contributed by atoms with Gasteiger partial charge in [-0.1, -0.05) is 54.6 Å². The minimum absolute atomic E-state index is 0.578. The molecular formula is C19H19NO. The fourth-order valence-electron chi connectivity index (χ4n) is 2.52. The van der Waals surface area contributed by atoms with Gasteiger partial charge in [0.15, 0.2) is 0 Å². The van der Waals surface area contributed by atoms with Crippen LogP contribution in [0.15, 0.2) is 66.7 Å². The largest absolute Gasteiger partial charge is 0.489 e. The Bertz CT molecular complexity index is 736. The first kappa shape index (κ1) is 13.7. The Morgan fingerprint density at radius 2 is 1.48 bits per heavy atom. The minimum atomic E-state index is 0.578. The van der Waals surface area contributed by atoms with Crippen molar-refractivity contribution in [2.75, 3.05) is 6.54 Å². The predicted octanol–water partition coefficient (Wildman–Crippen LogP) is 3.92. The number of hydrogen-bond acceptors (Lipinski definition) is 2. The molecule has 2 nitrogen and oxygen atoms in total. The third kappa shape index (κ3) is 3.23. The van der Waals surface area contributed by atoms with E-state index < -0.39 is 0 Å². The van der Waals surface area contributed by atoms with Crippen LogP contribution in [0.3, 0.4) is 0 Å². The zero-order valence-corrected chi connectivity index (χ0v) is 12.0. The average Bonchev–Trinajstić information content (AvgIpc) is 2.54. The fourth-order valence-corrected chi connectivity index (χ4v) is 2.52. The predicted molar refractivity (Wildman–Crippen MR) is 87.5 cm³/mol. The van der Waals surface area contributed by atoms with Crippen LogP contribution in [0.1, 0.15) is 11.1 Å². The van der Waals surface area contributed by atoms with E-state index in [0.717, 1.165) is 12.2 Å². The normalized spacial score (nSPS) is 10.7. The quantitative estimate of drug-likeness (QED) is 0.767. The number of fused-ring (bicyclic) bond motifs is 1. The Morgan fingerprint density at radius 1 is 0.762 bits per heavy atom. The summed E-state index contributed by atoms with van der Waals surface area (Å²) in [7, 11) is 0. The molecular weight excluding hydrogens is 258 g/mol. The molecule has 0 atom stereocenters. The second-order valence-corrected chi connectivity index (χ2v) is 5.11. The summed E-state index contributed by atoms with van der Waals surface area (Å²) >= 11 is 0. The van der Waals surface area contributed by atoms with Crippen molar-refractivity contribution in [2.45, 2.75) is 13.0 Å². The van der Waals surface area contributed by atoms with Crippen molar-refractivity contribution >= 4 is 10.8 Å². The summed E-state index contributed by atoms with van der Waals surface area (Å²) in [5.41, 5.74) is 8.13. The van der Waals surface area contributed by atoms with Gasteiger partial charge in [-0.25, -0.2) is 0 Å². The zero-order chi connectivity index (χ0) is 14.5. The molecule has 0 aliphatic carbocycles. The standard InChI is InChI=1S/C19H19NO/c20-12-11-16-6-2-4-8-18(16)14-21-19-10-9-15-5-1-3-7-17(15)13-19/h1-10,13H,11-12,14,20H2. The van der Waals surface area contributed by atoms with E-state index >= 15 is 0 Å². The second kappa shape index (κ2) is 6.42. The fraction of sp³-hybridized carbons (Fsp3) is 0.158. The van der Waals surface area contributed by atoms with Gasteiger partial charge in [0, 0.05) is 0 Å². The molecule has 3 rings (SSSR count). The number of rotatable bonds is 5. The van der Waals surface area contributed by atoms with Crippen LogP contribution in [-0.2, 0) is 13.0 Å². The molecule has 0 saturated heterocycles. The van der Waals surface area contributed by atoms with Crippen LogP contribution < -0.4 is 10.5 Å². The van der Waals surface area contributed by atoms with Crippen molar-refractivity contribution in [3.8, 4) is 5.75 Å². The molecule has 2 N–H and O–H groups in total. The van der Waals surface area contributed by atoms with Crippen LogP contribution >= 0.6 is 0 Å². The Labute approximate surface area is 125 Å². The number of benzene rings is 3. The number of hydrogen-bond donors (Lipinski definition) is 1. The maximum absolute atomic E-state index is 5.95. The highest BCUT2D eigenvalue weighted by Crippen LogP contribution is 2.22. The highest BCUT2D eigenvalue weighted by Gasteiger charge is 2.03. The van der Waals surface area contributed by atoms with E-state index in [1.807, 2.05) is 30.3 Å². The summed E-state index contributed by atoms with van der Waals surface area (Å²) in [5.74, 6) is 0.899. The highest BCUT2D eigenvalue weighted by molar-refractivity contribution is 5.83. The molecule has 106 valence electrons. The van der Waals surface area contributed by atoms with Crippen LogP contribution in [0.5, 0.6) is 5.75 Å². The highest BCUT2D eigenvalue weighted by atomic mass is 16.5. The van der Waals surface area contributed by atoms with Crippen LogP contribution in [0.2, 0.25) is 0 Å². The van der Waals surface area contributed by atoms with Gasteiger partial charge >= 0.3 is 0 Å². The van der Waals surface area contributed by atoms with E-state index in [0.29, 0.717) is 13.2 Å². The van der Waals surface area contributed by atoms with Gasteiger partial charge in [-0.15, -0.1) is 0 Å². The third-order valence-corrected chi connectivity index (χ3v) is 3.65. The molecule has 0 aromatic heterocycles. The Kier molecular flexibility index (Phi) is 4.17. The van der Waals surface area contributed by atoms with Gasteiger partial charge < -0.3 is 10.5 Å². The molecule has 2 heteroatoms. The van der Waals surface area contributed by atoms with Crippen molar-refractivity contribution in [1.82, 2.24) is 0 Å². The number of ether oxygens (including phenoxy) is 1. The van der Waals surface area contributed by atoms with Crippen LogP contribution in [-0.4, -0.2) is 6.54 Å².